The van der Waals surface area contributed by atoms with Crippen molar-refractivity contribution >= 4 is 73.6 Å². The van der Waals surface area contributed by atoms with Crippen LogP contribution in [0, 0.1) is 12.3 Å². The van der Waals surface area contributed by atoms with Gasteiger partial charge in [-0.3, -0.25) is 14.5 Å². The molecule has 1 saturated heterocycles. The van der Waals surface area contributed by atoms with Crippen LogP contribution in [0.15, 0.2) is 33.5 Å². The molecule has 3 atom stereocenters. The number of thioether (sulfide) groups is 1. The van der Waals surface area contributed by atoms with Crippen molar-refractivity contribution in [3.63, 3.8) is 0 Å². The van der Waals surface area contributed by atoms with Gasteiger partial charge in [-0.1, -0.05) is 16.1 Å². The summed E-state index contributed by atoms with van der Waals surface area (Å²) >= 11 is 2.37. The van der Waals surface area contributed by atoms with E-state index in [0.717, 1.165) is 11.3 Å². The average Bonchev–Trinajstić information content (AvgIpc) is 3.31. The summed E-state index contributed by atoms with van der Waals surface area (Å²) < 4.78 is 1.65. The molecule has 0 aliphatic carbocycles. The number of terminal acetylenes is 1. The number of nitrogens with one attached hydrogen (secondary N) is 1. The lowest BCUT2D eigenvalue weighted by Gasteiger charge is -2.45. The fraction of sp³-hybridized carbons (Fsp3) is 0.286. The maximum absolute atomic E-state index is 13.0. The van der Waals surface area contributed by atoms with Gasteiger partial charge in [0.1, 0.15) is 11.4 Å². The van der Waals surface area contributed by atoms with Crippen molar-refractivity contribution in [1.82, 2.24) is 20.2 Å². The van der Waals surface area contributed by atoms with Crippen molar-refractivity contribution in [3.8, 4) is 12.3 Å². The Balaban J connectivity index is 1.51. The average molecular weight is 577 g/mol. The molecule has 7 N–H and O–H groups in total. The van der Waals surface area contributed by atoms with Crippen molar-refractivity contribution in [2.24, 2.45) is 12.2 Å². The summed E-state index contributed by atoms with van der Waals surface area (Å²) in [6.45, 7) is -0.204. The second-order valence-corrected chi connectivity index (χ2v) is 11.7. The van der Waals surface area contributed by atoms with Gasteiger partial charge < -0.3 is 37.3 Å². The molecule has 0 aromatic carbocycles. The Morgan fingerprint density at radius 1 is 1.45 bits per heavy atom. The monoisotopic (exact) mass is 576 g/mol. The summed E-state index contributed by atoms with van der Waals surface area (Å²) in [4.78, 5) is 52.6. The van der Waals surface area contributed by atoms with Gasteiger partial charge in [0.15, 0.2) is 23.5 Å². The van der Waals surface area contributed by atoms with E-state index in [-0.39, 0.29) is 34.7 Å². The largest absolute Gasteiger partial charge is 0.504 e. The minimum Gasteiger partial charge on any atom is -0.504 e. The Hall–Kier alpha value is -4.01. The van der Waals surface area contributed by atoms with Gasteiger partial charge in [0, 0.05) is 22.9 Å². The fourth-order valence-electron chi connectivity index (χ4n) is 3.62. The summed E-state index contributed by atoms with van der Waals surface area (Å²) in [6, 6.07) is 0.409. The summed E-state index contributed by atoms with van der Waals surface area (Å²) in [5.74, 6) is 2.07. The van der Waals surface area contributed by atoms with Gasteiger partial charge in [-0.05, 0) is 11.8 Å². The zero-order chi connectivity index (χ0) is 27.6. The molecule has 2 aliphatic heterocycles. The third-order valence-electron chi connectivity index (χ3n) is 5.40. The van der Waals surface area contributed by atoms with Crippen LogP contribution in [0.25, 0.3) is 0 Å². The van der Waals surface area contributed by atoms with Gasteiger partial charge in [0.25, 0.3) is 17.1 Å². The molecule has 1 fully saturated rings. The zero-order valence-electron chi connectivity index (χ0n) is 19.8. The molecule has 4 rings (SSSR count). The summed E-state index contributed by atoms with van der Waals surface area (Å²) in [5.41, 5.74) is 17.9. The Kier molecular flexibility index (Phi) is 7.94. The first-order valence-corrected chi connectivity index (χ1v) is 14.1. The van der Waals surface area contributed by atoms with Crippen molar-refractivity contribution in [3.05, 3.63) is 28.9 Å². The number of aromatic nitrogens is 3. The smallest absolute Gasteiger partial charge is 0.301 e. The quantitative estimate of drug-likeness (QED) is 0.0303. The number of hydrogen-bond donors (Lipinski definition) is 4. The van der Waals surface area contributed by atoms with Crippen LogP contribution in [0.3, 0.4) is 0 Å². The maximum Gasteiger partial charge on any atom is 0.301 e. The van der Waals surface area contributed by atoms with E-state index in [1.54, 1.807) is 17.8 Å². The van der Waals surface area contributed by atoms with E-state index >= 15 is 0 Å². The number of carbonyl (C=O) groups excluding carboxylic acids is 3. The van der Waals surface area contributed by atoms with Crippen LogP contribution >= 0.6 is 23.1 Å². The number of nitrogen functional groups attached to an aromatic ring is 3. The lowest BCUT2D eigenvalue weighted by atomic mass is 10.1. The number of nitrogens with two attached hydrogens (primary N) is 3. The lowest BCUT2D eigenvalue weighted by Crippen LogP contribution is -2.74. The number of β-lactam (4-membered cyclic amide) rings is 1. The molecule has 2 unspecified atom stereocenters. The highest BCUT2D eigenvalue weighted by atomic mass is 32.2. The molecule has 38 heavy (non-hydrogen) atoms. The molecule has 4 heterocycles. The number of nitrogens with zero attached hydrogens (tertiary/aromatic N) is 5. The number of rotatable bonds is 8. The number of carbonyl (C=O) groups is 3. The molecule has 0 bridgehead atoms. The highest BCUT2D eigenvalue weighted by Crippen LogP contribution is 2.35. The van der Waals surface area contributed by atoms with E-state index in [9.17, 15) is 19.5 Å². The van der Waals surface area contributed by atoms with Crippen molar-refractivity contribution in [1.29, 1.82) is 0 Å². The second kappa shape index (κ2) is 11.2. The molecular formula is C21H22N9O5S3+. The minimum atomic E-state index is -1.41. The number of oxime groups is 1. The van der Waals surface area contributed by atoms with Gasteiger partial charge in [0.05, 0.1) is 24.0 Å². The van der Waals surface area contributed by atoms with Crippen molar-refractivity contribution < 1.29 is 28.9 Å². The third-order valence-corrected chi connectivity index (χ3v) is 9.40. The lowest BCUT2D eigenvalue weighted by molar-refractivity contribution is -0.698. The predicted molar refractivity (Wildman–Crippen MR) is 141 cm³/mol. The van der Waals surface area contributed by atoms with Gasteiger partial charge in [0.2, 0.25) is 17.0 Å². The first-order valence-electron chi connectivity index (χ1n) is 10.7. The van der Waals surface area contributed by atoms with Gasteiger partial charge in [-0.2, -0.15) is 0 Å². The van der Waals surface area contributed by atoms with E-state index < -0.39 is 39.4 Å². The molecule has 198 valence electrons. The molecule has 2 aliphatic rings. The summed E-state index contributed by atoms with van der Waals surface area (Å²) in [7, 11) is 0.317. The van der Waals surface area contributed by atoms with Crippen LogP contribution in [0.2, 0.25) is 0 Å². The number of thiazole rings is 1. The Morgan fingerprint density at radius 2 is 2.21 bits per heavy atom. The first kappa shape index (κ1) is 27.0. The normalized spacial score (nSPS) is 20.6. The molecule has 2 amide bonds. The number of fused-ring (bicyclic) bond motifs is 1. The van der Waals surface area contributed by atoms with Gasteiger partial charge in [-0.25, -0.2) is 9.55 Å². The van der Waals surface area contributed by atoms with E-state index in [4.69, 9.17) is 28.5 Å². The minimum absolute atomic E-state index is 0.122. The molecule has 2 aromatic heterocycles. The molecule has 0 saturated carbocycles. The molecule has 0 spiro atoms. The van der Waals surface area contributed by atoms with Crippen LogP contribution in [-0.4, -0.2) is 67.2 Å². The molecule has 0 radical (unpaired) electrons. The summed E-state index contributed by atoms with van der Waals surface area (Å²) in [5, 5.41) is 18.4. The Bertz CT molecular complexity index is 1400. The van der Waals surface area contributed by atoms with Crippen LogP contribution in [-0.2, 0) is 32.4 Å². The maximum atomic E-state index is 13.0. The van der Waals surface area contributed by atoms with Gasteiger partial charge >= 0.3 is 5.16 Å². The van der Waals surface area contributed by atoms with Crippen LogP contribution in [0.1, 0.15) is 5.69 Å². The Morgan fingerprint density at radius 3 is 2.87 bits per heavy atom. The number of amides is 2. The summed E-state index contributed by atoms with van der Waals surface area (Å²) in [6.07, 6.45) is 6.75. The van der Waals surface area contributed by atoms with Crippen LogP contribution < -0.4 is 32.2 Å². The van der Waals surface area contributed by atoms with E-state index in [1.165, 1.54) is 28.1 Å². The number of hydrogen-bond acceptors (Lipinski definition) is 13. The van der Waals surface area contributed by atoms with Crippen LogP contribution in [0.5, 0.6) is 0 Å². The SMILES string of the molecule is C#CCO/N=C(\C(=O)NC1C(=O)N2C=C(CSc3nc(N)cc(N)[n+]3C)C[S+](C(=O)[O-])[C@H]12)c1csc(N)n1. The topological polar surface area (TPSA) is 219 Å². The van der Waals surface area contributed by atoms with Crippen LogP contribution in [0.4, 0.5) is 21.6 Å². The van der Waals surface area contributed by atoms with E-state index in [1.807, 2.05) is 0 Å². The second-order valence-electron chi connectivity index (χ2n) is 7.92. The van der Waals surface area contributed by atoms with E-state index in [2.05, 4.69) is 26.4 Å². The highest BCUT2D eigenvalue weighted by Gasteiger charge is 2.60. The van der Waals surface area contributed by atoms with Crippen molar-refractivity contribution in [2.45, 2.75) is 16.6 Å². The molecular weight excluding hydrogens is 554 g/mol. The first-order chi connectivity index (χ1) is 18.1. The fourth-order valence-corrected chi connectivity index (χ4v) is 7.27. The van der Waals surface area contributed by atoms with E-state index in [0.29, 0.717) is 22.3 Å². The number of anilines is 3. The molecule has 17 heteroatoms. The third kappa shape index (κ3) is 5.46. The van der Waals surface area contributed by atoms with Crippen molar-refractivity contribution in [2.75, 3.05) is 35.3 Å². The standard InChI is InChI=1S/C21H21N9O5S3/c1-3-4-35-28-14(11-8-36-19(24)25-11)16(31)27-15-17(32)30-6-10(9-38(18(15)30)21(33)34)7-37-20-26-12(22)5-13(23)29(20)2/h1,5-6,8,15,18H,4,7,9H2,2H3,(H6-,22,23,24,25,27,31,33,34)/p+1/b28-14-/t15?,18-,38?/m1/s1. The zero-order valence-corrected chi connectivity index (χ0v) is 22.3. The molecule has 2 aromatic rings. The van der Waals surface area contributed by atoms with Gasteiger partial charge in [-0.15, -0.1) is 17.8 Å². The Labute approximate surface area is 227 Å². The molecule has 14 nitrogen and oxygen atoms in total. The highest BCUT2D eigenvalue weighted by molar-refractivity contribution is 8.11. The number of carboxylic acid groups (broad SMARTS) is 1. The predicted octanol–water partition coefficient (Wildman–Crippen LogP) is -2.23.